The molecule has 0 N–H and O–H groups in total. The third-order valence-corrected chi connectivity index (χ3v) is 18.2. The van der Waals surface area contributed by atoms with Crippen LogP contribution in [0.5, 0.6) is 0 Å². The Bertz CT molecular complexity index is 544. The van der Waals surface area contributed by atoms with Gasteiger partial charge in [0.15, 0.2) is 16.6 Å². The molecule has 0 amide bonds. The molecule has 0 aliphatic carbocycles. The van der Waals surface area contributed by atoms with E-state index < -0.39 is 16.6 Å². The molecule has 1 aliphatic heterocycles. The van der Waals surface area contributed by atoms with Crippen LogP contribution >= 0.6 is 22.6 Å². The lowest BCUT2D eigenvalue weighted by molar-refractivity contribution is -0.146. The first-order valence-electron chi connectivity index (χ1n) is 12.8. The summed E-state index contributed by atoms with van der Waals surface area (Å²) in [5.74, 6) is 0. The Hall–Kier alpha value is 0.784. The highest BCUT2D eigenvalue weighted by atomic mass is 127. The molecule has 0 aromatic carbocycles. The lowest BCUT2D eigenvalue weighted by Gasteiger charge is -2.44. The Labute approximate surface area is 209 Å². The first kappa shape index (κ1) is 29.8. The van der Waals surface area contributed by atoms with Crippen LogP contribution in [0.1, 0.15) is 88.0 Å². The summed E-state index contributed by atoms with van der Waals surface area (Å²) in [5, 5.41) is 0. The maximum absolute atomic E-state index is 7.09. The fourth-order valence-electron chi connectivity index (χ4n) is 5.26. The number of hydrogen-bond acceptors (Lipinski definition) is 3. The average molecular weight is 583 g/mol. The molecule has 0 saturated carbocycles. The molecule has 1 rings (SSSR count). The van der Waals surface area contributed by atoms with Gasteiger partial charge in [-0.15, -0.1) is 0 Å². The Morgan fingerprint density at radius 1 is 1.03 bits per heavy atom. The summed E-state index contributed by atoms with van der Waals surface area (Å²) in [5.41, 5.74) is -0.498. The van der Waals surface area contributed by atoms with Crippen molar-refractivity contribution >= 4 is 39.2 Å². The molecule has 3 atom stereocenters. The van der Waals surface area contributed by atoms with E-state index in [0.717, 1.165) is 25.7 Å². The molecule has 0 radical (unpaired) electrons. The summed E-state index contributed by atoms with van der Waals surface area (Å²) < 4.78 is 22.2. The first-order valence-corrected chi connectivity index (χ1v) is 18.9. The van der Waals surface area contributed by atoms with Crippen LogP contribution in [-0.4, -0.2) is 40.0 Å². The third kappa shape index (κ3) is 7.64. The standard InChI is InChI=1S/C25H51IO3Si2/c1-11-30(12-2,13-3)28-23(18-17-21(7)26)25(10)20-19-22(27-25)24(8,9)29-31(14-4,15-5)16-6/h22-23H,7,11-20H2,1-6,8-10H3/t22-,23+,25-/m1/s1. The summed E-state index contributed by atoms with van der Waals surface area (Å²) in [7, 11) is -3.42. The second-order valence-electron chi connectivity index (χ2n) is 10.3. The van der Waals surface area contributed by atoms with E-state index in [0.29, 0.717) is 0 Å². The minimum Gasteiger partial charge on any atom is -0.411 e. The number of hydrogen-bond donors (Lipinski definition) is 0. The molecule has 0 aromatic heterocycles. The largest absolute Gasteiger partial charge is 0.411 e. The summed E-state index contributed by atoms with van der Waals surface area (Å²) in [6, 6.07) is 7.05. The van der Waals surface area contributed by atoms with Crippen molar-refractivity contribution in [2.75, 3.05) is 0 Å². The number of ether oxygens (including phenoxy) is 1. The Balaban J connectivity index is 3.09. The maximum atomic E-state index is 7.09. The van der Waals surface area contributed by atoms with Gasteiger partial charge in [0.1, 0.15) is 0 Å². The van der Waals surface area contributed by atoms with Gasteiger partial charge in [-0.05, 0) is 109 Å². The fraction of sp³-hybridized carbons (Fsp3) is 0.920. The second kappa shape index (κ2) is 12.5. The molecule has 1 saturated heterocycles. The molecule has 1 aliphatic rings. The average Bonchev–Trinajstić information content (AvgIpc) is 3.17. The van der Waals surface area contributed by atoms with Crippen LogP contribution in [0.4, 0.5) is 0 Å². The van der Waals surface area contributed by atoms with Gasteiger partial charge in [-0.3, -0.25) is 0 Å². The van der Waals surface area contributed by atoms with E-state index in [1.54, 1.807) is 0 Å². The van der Waals surface area contributed by atoms with E-state index in [1.165, 1.54) is 39.8 Å². The van der Waals surface area contributed by atoms with Gasteiger partial charge in [0, 0.05) is 0 Å². The van der Waals surface area contributed by atoms with Crippen molar-refractivity contribution in [1.82, 2.24) is 0 Å². The monoisotopic (exact) mass is 582 g/mol. The normalized spacial score (nSPS) is 23.9. The first-order chi connectivity index (χ1) is 14.4. The van der Waals surface area contributed by atoms with Crippen LogP contribution in [-0.2, 0) is 13.6 Å². The lowest BCUT2D eigenvalue weighted by Crippen LogP contribution is -2.53. The second-order valence-corrected chi connectivity index (χ2v) is 21.3. The van der Waals surface area contributed by atoms with Gasteiger partial charge < -0.3 is 13.6 Å². The van der Waals surface area contributed by atoms with Crippen molar-refractivity contribution in [2.24, 2.45) is 0 Å². The summed E-state index contributed by atoms with van der Waals surface area (Å²) >= 11 is 2.36. The molecule has 0 spiro atoms. The SMILES string of the molecule is C=C(I)CC[C@H](O[Si](CC)(CC)CC)[C@@]1(C)CC[C@H](C(C)(C)O[Si](CC)(CC)CC)O1. The number of allylic oxidation sites excluding steroid dienone is 1. The lowest BCUT2D eigenvalue weighted by atomic mass is 9.91. The van der Waals surface area contributed by atoms with Crippen LogP contribution in [0.15, 0.2) is 10.2 Å². The number of halogens is 1. The van der Waals surface area contributed by atoms with E-state index in [1.807, 2.05) is 0 Å². The Morgan fingerprint density at radius 2 is 1.52 bits per heavy atom. The van der Waals surface area contributed by atoms with Crippen molar-refractivity contribution in [3.05, 3.63) is 10.2 Å². The van der Waals surface area contributed by atoms with Gasteiger partial charge in [0.2, 0.25) is 0 Å². The highest BCUT2D eigenvalue weighted by molar-refractivity contribution is 14.1. The summed E-state index contributed by atoms with van der Waals surface area (Å²) in [6.45, 7) is 24.8. The van der Waals surface area contributed by atoms with E-state index in [-0.39, 0.29) is 23.4 Å². The molecule has 1 heterocycles. The molecule has 6 heteroatoms. The summed E-state index contributed by atoms with van der Waals surface area (Å²) in [4.78, 5) is 0. The molecular weight excluding hydrogens is 531 g/mol. The zero-order chi connectivity index (χ0) is 23.9. The number of rotatable bonds is 15. The van der Waals surface area contributed by atoms with E-state index >= 15 is 0 Å². The predicted molar refractivity (Wildman–Crippen MR) is 149 cm³/mol. The van der Waals surface area contributed by atoms with Crippen LogP contribution in [0, 0.1) is 0 Å². The topological polar surface area (TPSA) is 27.7 Å². The third-order valence-electron chi connectivity index (χ3n) is 8.19. The van der Waals surface area contributed by atoms with E-state index in [4.69, 9.17) is 13.6 Å². The fourth-order valence-corrected chi connectivity index (χ4v) is 11.7. The Kier molecular flexibility index (Phi) is 12.0. The van der Waals surface area contributed by atoms with Crippen molar-refractivity contribution in [2.45, 2.75) is 148 Å². The van der Waals surface area contributed by atoms with Gasteiger partial charge in [0.25, 0.3) is 0 Å². The molecule has 3 nitrogen and oxygen atoms in total. The molecule has 1 fully saturated rings. The van der Waals surface area contributed by atoms with Crippen LogP contribution in [0.25, 0.3) is 0 Å². The van der Waals surface area contributed by atoms with Gasteiger partial charge >= 0.3 is 0 Å². The molecular formula is C25H51IO3Si2. The van der Waals surface area contributed by atoms with E-state index in [9.17, 15) is 0 Å². The van der Waals surface area contributed by atoms with Crippen LogP contribution < -0.4 is 0 Å². The van der Waals surface area contributed by atoms with Crippen LogP contribution in [0.2, 0.25) is 36.3 Å². The highest BCUT2D eigenvalue weighted by Crippen LogP contribution is 2.44. The van der Waals surface area contributed by atoms with Crippen LogP contribution in [0.3, 0.4) is 0 Å². The molecule has 0 unspecified atom stereocenters. The van der Waals surface area contributed by atoms with Gasteiger partial charge in [-0.25, -0.2) is 0 Å². The smallest absolute Gasteiger partial charge is 0.192 e. The maximum Gasteiger partial charge on any atom is 0.192 e. The minimum absolute atomic E-state index is 0.129. The van der Waals surface area contributed by atoms with Gasteiger partial charge in [-0.2, -0.15) is 0 Å². The molecule has 0 aromatic rings. The van der Waals surface area contributed by atoms with Gasteiger partial charge in [0.05, 0.1) is 23.4 Å². The predicted octanol–water partition coefficient (Wildman–Crippen LogP) is 8.84. The molecule has 31 heavy (non-hydrogen) atoms. The quantitative estimate of drug-likeness (QED) is 0.143. The van der Waals surface area contributed by atoms with Crippen molar-refractivity contribution < 1.29 is 13.6 Å². The van der Waals surface area contributed by atoms with Crippen molar-refractivity contribution in [1.29, 1.82) is 0 Å². The Morgan fingerprint density at radius 3 is 1.94 bits per heavy atom. The highest BCUT2D eigenvalue weighted by Gasteiger charge is 2.51. The van der Waals surface area contributed by atoms with Gasteiger partial charge in [-0.1, -0.05) is 48.1 Å². The van der Waals surface area contributed by atoms with Crippen molar-refractivity contribution in [3.63, 3.8) is 0 Å². The van der Waals surface area contributed by atoms with Crippen molar-refractivity contribution in [3.8, 4) is 0 Å². The summed E-state index contributed by atoms with van der Waals surface area (Å²) in [6.07, 6.45) is 4.35. The zero-order valence-corrected chi connectivity index (χ0v) is 26.2. The molecule has 0 bridgehead atoms. The zero-order valence-electron chi connectivity index (χ0n) is 22.0. The molecule has 184 valence electrons. The minimum atomic E-state index is -1.73. The van der Waals surface area contributed by atoms with E-state index in [2.05, 4.69) is 91.5 Å².